The first-order valence-corrected chi connectivity index (χ1v) is 6.93. The largest absolute Gasteiger partial charge is 0.490 e. The van der Waals surface area contributed by atoms with Crippen LogP contribution in [0.1, 0.15) is 42.3 Å². The summed E-state index contributed by atoms with van der Waals surface area (Å²) in [5.74, 6) is 2.17. The molecule has 21 heavy (non-hydrogen) atoms. The third-order valence-electron chi connectivity index (χ3n) is 2.73. The van der Waals surface area contributed by atoms with Crippen LogP contribution < -0.4 is 9.47 Å². The van der Waals surface area contributed by atoms with E-state index in [1.54, 1.807) is 18.2 Å². The van der Waals surface area contributed by atoms with Crippen LogP contribution >= 0.6 is 0 Å². The van der Waals surface area contributed by atoms with Crippen LogP contribution in [0.5, 0.6) is 11.5 Å². The normalized spacial score (nSPS) is 10.4. The van der Waals surface area contributed by atoms with E-state index in [1.165, 1.54) is 0 Å². The van der Waals surface area contributed by atoms with Gasteiger partial charge in [-0.2, -0.15) is 4.98 Å². The highest BCUT2D eigenvalue weighted by molar-refractivity contribution is 5.76. The number of aromatic nitrogens is 2. The molecule has 0 aliphatic heterocycles. The first kappa shape index (κ1) is 15.0. The van der Waals surface area contributed by atoms with Crippen molar-refractivity contribution in [2.24, 2.45) is 0 Å². The molecule has 1 aromatic heterocycles. The molecule has 0 saturated heterocycles. The zero-order valence-electron chi connectivity index (χ0n) is 12.2. The van der Waals surface area contributed by atoms with Gasteiger partial charge in [0.25, 0.3) is 0 Å². The Labute approximate surface area is 123 Å². The van der Waals surface area contributed by atoms with Gasteiger partial charge >= 0.3 is 0 Å². The van der Waals surface area contributed by atoms with E-state index in [9.17, 15) is 4.79 Å². The van der Waals surface area contributed by atoms with Crippen LogP contribution in [0.4, 0.5) is 0 Å². The van der Waals surface area contributed by atoms with Crippen molar-refractivity contribution < 1.29 is 18.8 Å². The molecule has 0 fully saturated rings. The Morgan fingerprint density at radius 1 is 1.24 bits per heavy atom. The minimum absolute atomic E-state index is 0.188. The lowest BCUT2D eigenvalue weighted by Gasteiger charge is -2.10. The maximum Gasteiger partial charge on any atom is 0.226 e. The molecule has 0 atom stereocenters. The van der Waals surface area contributed by atoms with E-state index in [0.717, 1.165) is 19.1 Å². The molecule has 0 unspecified atom stereocenters. The van der Waals surface area contributed by atoms with Crippen LogP contribution in [0, 0.1) is 0 Å². The van der Waals surface area contributed by atoms with Crippen LogP contribution in [-0.2, 0) is 13.0 Å². The second-order valence-corrected chi connectivity index (χ2v) is 4.40. The number of hydrogen-bond acceptors (Lipinski definition) is 6. The van der Waals surface area contributed by atoms with Gasteiger partial charge in [0.05, 0.1) is 6.61 Å². The Morgan fingerprint density at radius 3 is 2.81 bits per heavy atom. The van der Waals surface area contributed by atoms with E-state index in [2.05, 4.69) is 10.1 Å². The van der Waals surface area contributed by atoms with E-state index in [-0.39, 0.29) is 6.61 Å². The molecule has 0 aliphatic carbocycles. The average Bonchev–Trinajstić information content (AvgIpc) is 2.94. The highest BCUT2D eigenvalue weighted by Crippen LogP contribution is 2.28. The van der Waals surface area contributed by atoms with Gasteiger partial charge in [-0.25, -0.2) is 0 Å². The van der Waals surface area contributed by atoms with Crippen LogP contribution in [0.3, 0.4) is 0 Å². The summed E-state index contributed by atoms with van der Waals surface area (Å²) in [5, 5.41) is 3.85. The standard InChI is InChI=1S/C15H18N2O4/c1-3-5-15-16-14(17-21-15)10-20-12-7-6-11(9-18)8-13(12)19-4-2/h6-9H,3-5,10H2,1-2H3. The number of aryl methyl sites for hydroxylation is 1. The fourth-order valence-electron chi connectivity index (χ4n) is 1.79. The molecule has 2 rings (SSSR count). The molecule has 1 aromatic carbocycles. The zero-order valence-corrected chi connectivity index (χ0v) is 12.2. The van der Waals surface area contributed by atoms with Crippen LogP contribution in [0.2, 0.25) is 0 Å². The molecule has 0 bridgehead atoms. The summed E-state index contributed by atoms with van der Waals surface area (Å²) < 4.78 is 16.2. The number of carbonyl (C=O) groups is 1. The van der Waals surface area contributed by atoms with Crippen molar-refractivity contribution in [3.8, 4) is 11.5 Å². The molecule has 0 amide bonds. The Hall–Kier alpha value is -2.37. The number of aldehydes is 1. The van der Waals surface area contributed by atoms with E-state index in [1.807, 2.05) is 13.8 Å². The highest BCUT2D eigenvalue weighted by atomic mass is 16.5. The Kier molecular flexibility index (Phi) is 5.31. The number of ether oxygens (including phenoxy) is 2. The maximum atomic E-state index is 10.8. The zero-order chi connectivity index (χ0) is 15.1. The molecule has 6 nitrogen and oxygen atoms in total. The SMILES string of the molecule is CCCc1nc(COc2ccc(C=O)cc2OCC)no1. The summed E-state index contributed by atoms with van der Waals surface area (Å²) in [4.78, 5) is 15.0. The quantitative estimate of drug-likeness (QED) is 0.696. The van der Waals surface area contributed by atoms with Crippen LogP contribution in [-0.4, -0.2) is 23.0 Å². The van der Waals surface area contributed by atoms with Gasteiger partial charge in [-0.1, -0.05) is 12.1 Å². The smallest absolute Gasteiger partial charge is 0.226 e. The predicted molar refractivity (Wildman–Crippen MR) is 75.6 cm³/mol. The molecule has 0 spiro atoms. The Bertz CT molecular complexity index is 595. The molecule has 112 valence electrons. The fourth-order valence-corrected chi connectivity index (χ4v) is 1.79. The van der Waals surface area contributed by atoms with Crippen LogP contribution in [0.15, 0.2) is 22.7 Å². The van der Waals surface area contributed by atoms with Gasteiger partial charge in [0, 0.05) is 12.0 Å². The summed E-state index contributed by atoms with van der Waals surface area (Å²) in [6.45, 7) is 4.59. The molecule has 0 radical (unpaired) electrons. The van der Waals surface area contributed by atoms with Crippen molar-refractivity contribution in [3.05, 3.63) is 35.5 Å². The Balaban J connectivity index is 2.05. The Morgan fingerprint density at radius 2 is 2.10 bits per heavy atom. The first-order chi connectivity index (χ1) is 10.3. The highest BCUT2D eigenvalue weighted by Gasteiger charge is 2.10. The molecule has 6 heteroatoms. The van der Waals surface area contributed by atoms with Crippen molar-refractivity contribution in [1.29, 1.82) is 0 Å². The molecule has 0 saturated carbocycles. The van der Waals surface area contributed by atoms with Gasteiger partial charge in [0.2, 0.25) is 11.7 Å². The minimum Gasteiger partial charge on any atom is -0.490 e. The van der Waals surface area contributed by atoms with Crippen molar-refractivity contribution in [1.82, 2.24) is 10.1 Å². The number of nitrogens with zero attached hydrogens (tertiary/aromatic N) is 2. The summed E-state index contributed by atoms with van der Waals surface area (Å²) in [6, 6.07) is 5.01. The van der Waals surface area contributed by atoms with Crippen molar-refractivity contribution in [2.75, 3.05) is 6.61 Å². The molecule has 0 aliphatic rings. The van der Waals surface area contributed by atoms with Gasteiger partial charge in [-0.05, 0) is 31.5 Å². The van der Waals surface area contributed by atoms with Crippen molar-refractivity contribution in [2.45, 2.75) is 33.3 Å². The van der Waals surface area contributed by atoms with Crippen LogP contribution in [0.25, 0.3) is 0 Å². The third-order valence-corrected chi connectivity index (χ3v) is 2.73. The minimum atomic E-state index is 0.188. The second-order valence-electron chi connectivity index (χ2n) is 4.40. The summed E-state index contributed by atoms with van der Waals surface area (Å²) >= 11 is 0. The molecule has 2 aromatic rings. The topological polar surface area (TPSA) is 74.5 Å². The lowest BCUT2D eigenvalue weighted by molar-refractivity contribution is 0.112. The fraction of sp³-hybridized carbons (Fsp3) is 0.400. The number of rotatable bonds is 8. The average molecular weight is 290 g/mol. The summed E-state index contributed by atoms with van der Waals surface area (Å²) in [7, 11) is 0. The van der Waals surface area contributed by atoms with Crippen molar-refractivity contribution >= 4 is 6.29 Å². The molecule has 0 N–H and O–H groups in total. The van der Waals surface area contributed by atoms with Crippen molar-refractivity contribution in [3.63, 3.8) is 0 Å². The van der Waals surface area contributed by atoms with E-state index in [4.69, 9.17) is 14.0 Å². The number of carbonyl (C=O) groups excluding carboxylic acids is 1. The van der Waals surface area contributed by atoms with Gasteiger partial charge in [-0.15, -0.1) is 0 Å². The number of hydrogen-bond donors (Lipinski definition) is 0. The predicted octanol–water partition coefficient (Wildman–Crippen LogP) is 2.81. The second kappa shape index (κ2) is 7.42. The van der Waals surface area contributed by atoms with Gasteiger partial charge in [0.15, 0.2) is 18.1 Å². The first-order valence-electron chi connectivity index (χ1n) is 6.93. The molecule has 1 heterocycles. The monoisotopic (exact) mass is 290 g/mol. The van der Waals surface area contributed by atoms with Gasteiger partial charge in [0.1, 0.15) is 6.29 Å². The molecular formula is C15H18N2O4. The van der Waals surface area contributed by atoms with E-state index < -0.39 is 0 Å². The lowest BCUT2D eigenvalue weighted by atomic mass is 10.2. The van der Waals surface area contributed by atoms with Gasteiger partial charge in [-0.3, -0.25) is 4.79 Å². The van der Waals surface area contributed by atoms with Gasteiger partial charge < -0.3 is 14.0 Å². The lowest BCUT2D eigenvalue weighted by Crippen LogP contribution is -2.01. The van der Waals surface area contributed by atoms with E-state index >= 15 is 0 Å². The maximum absolute atomic E-state index is 10.8. The number of benzene rings is 1. The summed E-state index contributed by atoms with van der Waals surface area (Å²) in [5.41, 5.74) is 0.538. The van der Waals surface area contributed by atoms with E-state index in [0.29, 0.717) is 35.4 Å². The third kappa shape index (κ3) is 4.05. The summed E-state index contributed by atoms with van der Waals surface area (Å²) in [6.07, 6.45) is 2.47. The molecular weight excluding hydrogens is 272 g/mol.